The second-order valence-corrected chi connectivity index (χ2v) is 4.67. The van der Waals surface area contributed by atoms with Crippen molar-refractivity contribution in [1.82, 2.24) is 0 Å². The molecule has 0 amide bonds. The maximum Gasteiger partial charge on any atom is 0.197 e. The molecule has 1 aliphatic carbocycles. The van der Waals surface area contributed by atoms with E-state index in [1.54, 1.807) is 0 Å². The van der Waals surface area contributed by atoms with Crippen molar-refractivity contribution in [2.24, 2.45) is 5.92 Å². The Morgan fingerprint density at radius 3 is 2.80 bits per heavy atom. The third-order valence-electron chi connectivity index (χ3n) is 3.48. The summed E-state index contributed by atoms with van der Waals surface area (Å²) in [7, 11) is 0. The fraction of sp³-hybridized carbons (Fsp3) is 0.769. The summed E-state index contributed by atoms with van der Waals surface area (Å²) in [4.78, 5) is 11.7. The van der Waals surface area contributed by atoms with E-state index in [1.807, 2.05) is 6.08 Å². The van der Waals surface area contributed by atoms with Gasteiger partial charge in [-0.1, -0.05) is 32.1 Å². The summed E-state index contributed by atoms with van der Waals surface area (Å²) < 4.78 is 5.27. The summed E-state index contributed by atoms with van der Waals surface area (Å²) in [5.41, 5.74) is 0. The van der Waals surface area contributed by atoms with Crippen molar-refractivity contribution in [2.75, 3.05) is 6.61 Å². The second kappa shape index (κ2) is 5.34. The first kappa shape index (κ1) is 10.7. The molecule has 1 heterocycles. The highest BCUT2D eigenvalue weighted by Gasteiger charge is 2.18. The Hall–Kier alpha value is -0.790. The number of allylic oxidation sites excluding steroid dienone is 1. The highest BCUT2D eigenvalue weighted by Crippen LogP contribution is 2.28. The molecule has 1 fully saturated rings. The van der Waals surface area contributed by atoms with Gasteiger partial charge in [-0.2, -0.15) is 0 Å². The van der Waals surface area contributed by atoms with Gasteiger partial charge < -0.3 is 4.74 Å². The average Bonchev–Trinajstić information content (AvgIpc) is 2.81. The second-order valence-electron chi connectivity index (χ2n) is 4.67. The van der Waals surface area contributed by atoms with Gasteiger partial charge in [0.2, 0.25) is 0 Å². The van der Waals surface area contributed by atoms with E-state index in [0.717, 1.165) is 18.8 Å². The van der Waals surface area contributed by atoms with Crippen LogP contribution in [0.2, 0.25) is 0 Å². The van der Waals surface area contributed by atoms with E-state index < -0.39 is 0 Å². The summed E-state index contributed by atoms with van der Waals surface area (Å²) in [6.45, 7) is 0.699. The molecule has 2 heteroatoms. The molecule has 0 spiro atoms. The summed E-state index contributed by atoms with van der Waals surface area (Å²) >= 11 is 0. The zero-order valence-corrected chi connectivity index (χ0v) is 9.34. The fourth-order valence-corrected chi connectivity index (χ4v) is 2.55. The van der Waals surface area contributed by atoms with Gasteiger partial charge in [0.25, 0.3) is 0 Å². The highest BCUT2D eigenvalue weighted by atomic mass is 16.5. The predicted octanol–water partition coefficient (Wildman–Crippen LogP) is 3.22. The smallest absolute Gasteiger partial charge is 0.197 e. The van der Waals surface area contributed by atoms with E-state index in [2.05, 4.69) is 0 Å². The molecule has 0 bridgehead atoms. The van der Waals surface area contributed by atoms with Crippen molar-refractivity contribution in [1.29, 1.82) is 0 Å². The van der Waals surface area contributed by atoms with E-state index in [9.17, 15) is 4.79 Å². The molecule has 0 unspecified atom stereocenters. The van der Waals surface area contributed by atoms with Crippen LogP contribution in [0.5, 0.6) is 0 Å². The number of ketones is 1. The molecule has 0 atom stereocenters. The van der Waals surface area contributed by atoms with Gasteiger partial charge in [-0.3, -0.25) is 4.79 Å². The lowest BCUT2D eigenvalue weighted by Gasteiger charge is -2.20. The summed E-state index contributed by atoms with van der Waals surface area (Å²) in [6, 6.07) is 0. The number of carbonyl (C=O) groups is 1. The third-order valence-corrected chi connectivity index (χ3v) is 3.48. The Morgan fingerprint density at radius 2 is 2.13 bits per heavy atom. The van der Waals surface area contributed by atoms with Crippen molar-refractivity contribution in [3.63, 3.8) is 0 Å². The first-order valence-electron chi connectivity index (χ1n) is 6.22. The molecule has 1 aliphatic heterocycles. The Labute approximate surface area is 91.7 Å². The van der Waals surface area contributed by atoms with Gasteiger partial charge in [-0.15, -0.1) is 0 Å². The molecule has 0 radical (unpaired) electrons. The monoisotopic (exact) mass is 208 g/mol. The van der Waals surface area contributed by atoms with Crippen LogP contribution in [-0.2, 0) is 9.53 Å². The number of carbonyl (C=O) groups excluding carboxylic acids is 1. The Balaban J connectivity index is 1.70. The van der Waals surface area contributed by atoms with E-state index in [0.29, 0.717) is 18.8 Å². The first-order valence-corrected chi connectivity index (χ1v) is 6.22. The number of hydrogen-bond acceptors (Lipinski definition) is 2. The molecule has 0 N–H and O–H groups in total. The third kappa shape index (κ3) is 3.08. The number of hydrogen-bond donors (Lipinski definition) is 0. The molecule has 0 saturated heterocycles. The van der Waals surface area contributed by atoms with Crippen LogP contribution in [0.25, 0.3) is 0 Å². The van der Waals surface area contributed by atoms with Crippen LogP contribution < -0.4 is 0 Å². The SMILES string of the molecule is O=C(CCC1CCCCC1)C1=CCCO1. The van der Waals surface area contributed by atoms with Crippen LogP contribution in [0.1, 0.15) is 51.4 Å². The highest BCUT2D eigenvalue weighted by molar-refractivity contribution is 5.93. The zero-order chi connectivity index (χ0) is 10.5. The molecule has 2 nitrogen and oxygen atoms in total. The zero-order valence-electron chi connectivity index (χ0n) is 9.34. The molecule has 0 aromatic heterocycles. The van der Waals surface area contributed by atoms with E-state index in [-0.39, 0.29) is 5.78 Å². The van der Waals surface area contributed by atoms with Crippen molar-refractivity contribution in [2.45, 2.75) is 51.4 Å². The van der Waals surface area contributed by atoms with Crippen LogP contribution in [-0.4, -0.2) is 12.4 Å². The Bertz CT molecular complexity index is 249. The largest absolute Gasteiger partial charge is 0.490 e. The van der Waals surface area contributed by atoms with Crippen molar-refractivity contribution in [3.8, 4) is 0 Å². The van der Waals surface area contributed by atoms with Crippen molar-refractivity contribution < 1.29 is 9.53 Å². The van der Waals surface area contributed by atoms with Crippen LogP contribution >= 0.6 is 0 Å². The maximum absolute atomic E-state index is 11.7. The molecule has 0 aromatic rings. The minimum Gasteiger partial charge on any atom is -0.490 e. The lowest BCUT2D eigenvalue weighted by molar-refractivity contribution is -0.118. The van der Waals surface area contributed by atoms with Crippen molar-refractivity contribution >= 4 is 5.78 Å². The number of rotatable bonds is 4. The molecular formula is C13H20O2. The minimum absolute atomic E-state index is 0.220. The predicted molar refractivity (Wildman–Crippen MR) is 59.5 cm³/mol. The molecule has 0 aromatic carbocycles. The Morgan fingerprint density at radius 1 is 1.33 bits per heavy atom. The summed E-state index contributed by atoms with van der Waals surface area (Å²) in [5.74, 6) is 1.65. The van der Waals surface area contributed by atoms with E-state index in [1.165, 1.54) is 32.1 Å². The van der Waals surface area contributed by atoms with Gasteiger partial charge in [0, 0.05) is 12.8 Å². The lowest BCUT2D eigenvalue weighted by Crippen LogP contribution is -2.10. The molecule has 84 valence electrons. The Kier molecular flexibility index (Phi) is 3.81. The number of Topliss-reactive ketones (excluding diaryl/α,β-unsaturated/α-hetero) is 1. The standard InChI is InChI=1S/C13H20O2/c14-12(13-7-4-10-15-13)9-8-11-5-2-1-3-6-11/h7,11H,1-6,8-10H2. The van der Waals surface area contributed by atoms with Gasteiger partial charge in [-0.05, 0) is 18.4 Å². The van der Waals surface area contributed by atoms with E-state index in [4.69, 9.17) is 4.74 Å². The first-order chi connectivity index (χ1) is 7.36. The normalized spacial score (nSPS) is 22.3. The summed E-state index contributed by atoms with van der Waals surface area (Å²) in [5, 5.41) is 0. The van der Waals surface area contributed by atoms with Crippen LogP contribution in [0.4, 0.5) is 0 Å². The fourth-order valence-electron chi connectivity index (χ4n) is 2.55. The van der Waals surface area contributed by atoms with Crippen LogP contribution in [0.3, 0.4) is 0 Å². The van der Waals surface area contributed by atoms with Crippen LogP contribution in [0.15, 0.2) is 11.8 Å². The molecule has 15 heavy (non-hydrogen) atoms. The molecule has 2 aliphatic rings. The summed E-state index contributed by atoms with van der Waals surface area (Å²) in [6.07, 6.45) is 11.4. The van der Waals surface area contributed by atoms with Gasteiger partial charge in [0.15, 0.2) is 11.5 Å². The average molecular weight is 208 g/mol. The van der Waals surface area contributed by atoms with Crippen molar-refractivity contribution in [3.05, 3.63) is 11.8 Å². The van der Waals surface area contributed by atoms with Crippen LogP contribution in [0, 0.1) is 5.92 Å². The van der Waals surface area contributed by atoms with E-state index >= 15 is 0 Å². The van der Waals surface area contributed by atoms with Gasteiger partial charge in [0.1, 0.15) is 0 Å². The molecule has 1 saturated carbocycles. The van der Waals surface area contributed by atoms with Gasteiger partial charge in [0.05, 0.1) is 6.61 Å². The van der Waals surface area contributed by atoms with Gasteiger partial charge >= 0.3 is 0 Å². The quantitative estimate of drug-likeness (QED) is 0.709. The lowest BCUT2D eigenvalue weighted by atomic mass is 9.85. The minimum atomic E-state index is 0.220. The molecule has 2 rings (SSSR count). The topological polar surface area (TPSA) is 26.3 Å². The maximum atomic E-state index is 11.7. The molecular weight excluding hydrogens is 188 g/mol. The number of ether oxygens (including phenoxy) is 1. The van der Waals surface area contributed by atoms with Gasteiger partial charge in [-0.25, -0.2) is 0 Å².